The van der Waals surface area contributed by atoms with Gasteiger partial charge in [-0.15, -0.1) is 0 Å². The first kappa shape index (κ1) is 13.9. The zero-order chi connectivity index (χ0) is 15.7. The molecule has 0 aliphatic rings. The maximum atomic E-state index is 8.47. The molecule has 2 radical (unpaired) electrons. The van der Waals surface area contributed by atoms with Crippen molar-refractivity contribution in [2.24, 2.45) is 0 Å². The van der Waals surface area contributed by atoms with Crippen molar-refractivity contribution >= 4 is 19.8 Å². The minimum absolute atomic E-state index is 0.315. The van der Waals surface area contributed by atoms with Crippen LogP contribution in [0.15, 0.2) is 42.6 Å². The Bertz CT molecular complexity index is 609. The van der Waals surface area contributed by atoms with Gasteiger partial charge in [0.2, 0.25) is 0 Å². The molecule has 0 saturated heterocycles. The maximum absolute atomic E-state index is 8.47. The van der Waals surface area contributed by atoms with Crippen LogP contribution in [-0.4, -0.2) is 20.4 Å². The number of pyridine rings is 1. The molecule has 0 saturated carbocycles. The molecule has 0 aliphatic heterocycles. The minimum atomic E-state index is -0.587. The van der Waals surface area contributed by atoms with Gasteiger partial charge in [0, 0.05) is 0 Å². The molecule has 2 rings (SSSR count). The van der Waals surface area contributed by atoms with E-state index in [2.05, 4.69) is 44.0 Å². The third kappa shape index (κ3) is 3.95. The summed E-state index contributed by atoms with van der Waals surface area (Å²) in [5.41, 5.74) is 3.21. The van der Waals surface area contributed by atoms with Crippen LogP contribution in [0.5, 0.6) is 0 Å². The van der Waals surface area contributed by atoms with Crippen LogP contribution < -0.4 is 4.40 Å². The van der Waals surface area contributed by atoms with E-state index in [-0.39, 0.29) is 15.4 Å². The summed E-state index contributed by atoms with van der Waals surface area (Å²) in [5, 5.41) is 0. The fourth-order valence-electron chi connectivity index (χ4n) is 2.14. The Balaban J connectivity index is 2.50. The van der Waals surface area contributed by atoms with Crippen molar-refractivity contribution in [3.05, 3.63) is 48.2 Å². The molecule has 2 heteroatoms. The summed E-state index contributed by atoms with van der Waals surface area (Å²) in [7, 11) is 0. The Morgan fingerprint density at radius 3 is 2.35 bits per heavy atom. The van der Waals surface area contributed by atoms with Gasteiger partial charge < -0.3 is 0 Å². The first-order valence-corrected chi connectivity index (χ1v) is 9.11. The molecule has 0 N–H and O–H groups in total. The number of nitrogens with zero attached hydrogens (tertiary/aromatic N) is 1. The average Bonchev–Trinajstić information content (AvgIpc) is 2.37. The summed E-state index contributed by atoms with van der Waals surface area (Å²) in [6.07, 6.45) is 2.01. The summed E-state index contributed by atoms with van der Waals surface area (Å²) in [6.45, 7) is 10.8. The van der Waals surface area contributed by atoms with E-state index in [9.17, 15) is 0 Å². The predicted molar refractivity (Wildman–Crippen MR) is 88.9 cm³/mol. The van der Waals surface area contributed by atoms with Gasteiger partial charge in [-0.2, -0.15) is 0 Å². The van der Waals surface area contributed by atoms with Gasteiger partial charge in [-0.05, 0) is 0 Å². The quantitative estimate of drug-likeness (QED) is 0.761. The van der Waals surface area contributed by atoms with E-state index in [1.165, 1.54) is 4.40 Å². The number of rotatable bonds is 3. The van der Waals surface area contributed by atoms with Crippen LogP contribution in [-0.2, 0) is 0 Å². The van der Waals surface area contributed by atoms with Crippen LogP contribution in [0, 0.1) is 0 Å². The van der Waals surface area contributed by atoms with E-state index in [0.29, 0.717) is 4.25 Å². The van der Waals surface area contributed by atoms with Crippen LogP contribution >= 0.6 is 0 Å². The first-order chi connectivity index (χ1) is 9.67. The van der Waals surface area contributed by atoms with Crippen molar-refractivity contribution in [2.45, 2.75) is 44.8 Å². The van der Waals surface area contributed by atoms with Crippen LogP contribution in [0.2, 0.25) is 4.25 Å². The van der Waals surface area contributed by atoms with Crippen molar-refractivity contribution in [2.75, 3.05) is 0 Å². The fourth-order valence-corrected chi connectivity index (χ4v) is 5.06. The van der Waals surface area contributed by atoms with Crippen molar-refractivity contribution in [3.8, 4) is 11.3 Å². The Morgan fingerprint density at radius 1 is 1.15 bits per heavy atom. The van der Waals surface area contributed by atoms with Crippen LogP contribution in [0.3, 0.4) is 0 Å². The van der Waals surface area contributed by atoms with Gasteiger partial charge in [0.25, 0.3) is 0 Å². The summed E-state index contributed by atoms with van der Waals surface area (Å²) in [4.78, 5) is 4.66. The summed E-state index contributed by atoms with van der Waals surface area (Å²) in [6, 6.07) is 12.3. The molecule has 0 spiro atoms. The van der Waals surface area contributed by atoms with Gasteiger partial charge in [0.1, 0.15) is 0 Å². The normalized spacial score (nSPS) is 13.2. The first-order valence-electron chi connectivity index (χ1n) is 7.51. The van der Waals surface area contributed by atoms with E-state index >= 15 is 0 Å². The Hall–Kier alpha value is -1.09. The molecule has 0 unspecified atom stereocenters. The number of benzene rings is 1. The molecular formula is C18H23GeN. The van der Waals surface area contributed by atoms with Gasteiger partial charge in [0.15, 0.2) is 0 Å². The monoisotopic (exact) mass is 328 g/mol. The number of hydrogen-bond donors (Lipinski definition) is 0. The van der Waals surface area contributed by atoms with E-state index < -0.39 is 5.89 Å². The second kappa shape index (κ2) is 6.13. The summed E-state index contributed by atoms with van der Waals surface area (Å²) in [5.74, 6) is -0.587. The molecule has 0 aliphatic carbocycles. The zero-order valence-corrected chi connectivity index (χ0v) is 15.1. The summed E-state index contributed by atoms with van der Waals surface area (Å²) >= 11 is -0.320. The predicted octanol–water partition coefficient (Wildman–Crippen LogP) is 4.42. The van der Waals surface area contributed by atoms with Crippen LogP contribution in [0.25, 0.3) is 11.3 Å². The summed E-state index contributed by atoms with van der Waals surface area (Å²) < 4.78 is 10.1. The number of hydrogen-bond acceptors (Lipinski definition) is 1. The molecular weight excluding hydrogens is 303 g/mol. The molecule has 1 nitrogen and oxygen atoms in total. The molecule has 0 amide bonds. The molecule has 0 fully saturated rings. The average molecular weight is 327 g/mol. The van der Waals surface area contributed by atoms with E-state index in [1.54, 1.807) is 0 Å². The second-order valence-corrected chi connectivity index (χ2v) is 11.2. The molecule has 104 valence electrons. The molecule has 1 aromatic carbocycles. The Morgan fingerprint density at radius 2 is 1.80 bits per heavy atom. The Labute approximate surface area is 130 Å². The second-order valence-electron chi connectivity index (χ2n) is 6.36. The van der Waals surface area contributed by atoms with Crippen LogP contribution in [0.1, 0.15) is 47.4 Å². The third-order valence-electron chi connectivity index (χ3n) is 3.02. The molecule has 0 atom stereocenters. The van der Waals surface area contributed by atoms with E-state index in [1.807, 2.05) is 38.2 Å². The number of aromatic nitrogens is 1. The van der Waals surface area contributed by atoms with Crippen LogP contribution in [0.4, 0.5) is 0 Å². The SMILES string of the molecule is [2H]C(C)(C)c1cc(-c2ccccc2)nc[c]1[Ge][C](C)(C)C. The third-order valence-corrected chi connectivity index (χ3v) is 6.00. The van der Waals surface area contributed by atoms with Gasteiger partial charge in [-0.3, -0.25) is 0 Å². The van der Waals surface area contributed by atoms with Gasteiger partial charge in [0.05, 0.1) is 0 Å². The standard InChI is InChI=1S/C18H23GeN/c1-13(2)15-11-17(14-9-7-6-8-10-14)20-12-16(15)19-18(3,4)5/h6-13H,1-5H3/i13D. The van der Waals surface area contributed by atoms with Crippen molar-refractivity contribution in [1.29, 1.82) is 0 Å². The molecule has 2 aromatic rings. The van der Waals surface area contributed by atoms with Crippen molar-refractivity contribution in [3.63, 3.8) is 0 Å². The fraction of sp³-hybridized carbons (Fsp3) is 0.389. The molecule has 1 heterocycles. The molecule has 1 aromatic heterocycles. The topological polar surface area (TPSA) is 12.9 Å². The molecule has 20 heavy (non-hydrogen) atoms. The van der Waals surface area contributed by atoms with Gasteiger partial charge in [-0.1, -0.05) is 0 Å². The van der Waals surface area contributed by atoms with E-state index in [4.69, 9.17) is 1.37 Å². The van der Waals surface area contributed by atoms with Crippen molar-refractivity contribution < 1.29 is 1.37 Å². The Kier molecular flexibility index (Phi) is 4.25. The van der Waals surface area contributed by atoms with E-state index in [0.717, 1.165) is 16.8 Å². The van der Waals surface area contributed by atoms with Gasteiger partial charge >= 0.3 is 130 Å². The zero-order valence-electron chi connectivity index (χ0n) is 14.0. The van der Waals surface area contributed by atoms with Crippen molar-refractivity contribution in [1.82, 2.24) is 4.98 Å². The van der Waals surface area contributed by atoms with Gasteiger partial charge in [-0.25, -0.2) is 0 Å². The molecule has 0 bridgehead atoms.